The monoisotopic (exact) mass is 332 g/mol. The first kappa shape index (κ1) is 18.1. The Hall–Kier alpha value is -0.970. The molecule has 1 aromatic rings. The molecule has 1 fully saturated rings. The number of benzene rings is 1. The highest BCUT2D eigenvalue weighted by Crippen LogP contribution is 2.23. The summed E-state index contributed by atoms with van der Waals surface area (Å²) in [5.74, 6) is 0.923. The van der Waals surface area contributed by atoms with Crippen molar-refractivity contribution >= 4 is 29.9 Å². The van der Waals surface area contributed by atoms with Crippen molar-refractivity contribution < 1.29 is 9.53 Å². The minimum atomic E-state index is -0.00438. The van der Waals surface area contributed by atoms with Crippen LogP contribution in [0, 0.1) is 5.92 Å². The summed E-state index contributed by atoms with van der Waals surface area (Å²) in [6.45, 7) is 3.53. The molecule has 0 spiro atoms. The van der Waals surface area contributed by atoms with E-state index in [9.17, 15) is 4.79 Å². The predicted octanol–water partition coefficient (Wildman–Crippen LogP) is 2.73. The standard InChI is InChI=1S/C15H21ClN2O2.ClH/c1-11(17)12-5-4-8-18(9-12)15(19)10-20-14-7-3-2-6-13(14)16;/h2-3,6-7,11-12H,4-5,8-10,17H2,1H3;1H. The van der Waals surface area contributed by atoms with Crippen LogP contribution in [0.25, 0.3) is 0 Å². The van der Waals surface area contributed by atoms with Gasteiger partial charge in [0.15, 0.2) is 6.61 Å². The first-order valence-electron chi connectivity index (χ1n) is 6.98. The van der Waals surface area contributed by atoms with Gasteiger partial charge in [-0.3, -0.25) is 4.79 Å². The Kier molecular flexibility index (Phi) is 7.29. The van der Waals surface area contributed by atoms with E-state index in [0.29, 0.717) is 16.7 Å². The van der Waals surface area contributed by atoms with Crippen molar-refractivity contribution in [2.45, 2.75) is 25.8 Å². The summed E-state index contributed by atoms with van der Waals surface area (Å²) in [5, 5.41) is 0.521. The lowest BCUT2D eigenvalue weighted by atomic mass is 9.92. The summed E-state index contributed by atoms with van der Waals surface area (Å²) in [5.41, 5.74) is 5.93. The summed E-state index contributed by atoms with van der Waals surface area (Å²) in [6, 6.07) is 7.29. The van der Waals surface area contributed by atoms with E-state index in [1.807, 2.05) is 24.0 Å². The van der Waals surface area contributed by atoms with Crippen molar-refractivity contribution in [3.8, 4) is 5.75 Å². The normalized spacial score (nSPS) is 19.6. The fourth-order valence-corrected chi connectivity index (χ4v) is 2.65. The number of carbonyl (C=O) groups is 1. The van der Waals surface area contributed by atoms with Gasteiger partial charge in [0, 0.05) is 19.1 Å². The number of carbonyl (C=O) groups excluding carboxylic acids is 1. The number of rotatable bonds is 4. The molecule has 2 unspecified atom stereocenters. The molecule has 6 heteroatoms. The molecule has 2 atom stereocenters. The molecule has 2 rings (SSSR count). The molecule has 1 heterocycles. The Bertz CT molecular complexity index is 469. The molecule has 1 aromatic carbocycles. The topological polar surface area (TPSA) is 55.6 Å². The Morgan fingerprint density at radius 1 is 1.52 bits per heavy atom. The third kappa shape index (κ3) is 5.06. The quantitative estimate of drug-likeness (QED) is 0.922. The first-order chi connectivity index (χ1) is 9.58. The SMILES string of the molecule is CC(N)C1CCCN(C(=O)COc2ccccc2Cl)C1.Cl. The predicted molar refractivity (Wildman–Crippen MR) is 87.1 cm³/mol. The second-order valence-corrected chi connectivity index (χ2v) is 5.73. The molecular weight excluding hydrogens is 311 g/mol. The van der Waals surface area contributed by atoms with Crippen molar-refractivity contribution in [3.05, 3.63) is 29.3 Å². The van der Waals surface area contributed by atoms with Crippen LogP contribution < -0.4 is 10.5 Å². The van der Waals surface area contributed by atoms with E-state index < -0.39 is 0 Å². The Labute approximate surface area is 137 Å². The van der Waals surface area contributed by atoms with Gasteiger partial charge in [0.2, 0.25) is 0 Å². The number of nitrogens with two attached hydrogens (primary N) is 1. The highest BCUT2D eigenvalue weighted by atomic mass is 35.5. The molecule has 2 N–H and O–H groups in total. The fourth-order valence-electron chi connectivity index (χ4n) is 2.46. The van der Waals surface area contributed by atoms with Gasteiger partial charge in [0.05, 0.1) is 5.02 Å². The number of nitrogens with zero attached hydrogens (tertiary/aromatic N) is 1. The van der Waals surface area contributed by atoms with Crippen molar-refractivity contribution in [3.63, 3.8) is 0 Å². The average Bonchev–Trinajstić information content (AvgIpc) is 2.46. The molecule has 1 aliphatic rings. The minimum Gasteiger partial charge on any atom is -0.482 e. The lowest BCUT2D eigenvalue weighted by Crippen LogP contribution is -2.46. The van der Waals surface area contributed by atoms with Gasteiger partial charge in [-0.15, -0.1) is 12.4 Å². The summed E-state index contributed by atoms with van der Waals surface area (Å²) in [6.07, 6.45) is 2.09. The fraction of sp³-hybridized carbons (Fsp3) is 0.533. The summed E-state index contributed by atoms with van der Waals surface area (Å²) < 4.78 is 5.49. The number of amides is 1. The summed E-state index contributed by atoms with van der Waals surface area (Å²) >= 11 is 5.99. The molecule has 0 radical (unpaired) electrons. The number of piperidine rings is 1. The van der Waals surface area contributed by atoms with Gasteiger partial charge in [0.1, 0.15) is 5.75 Å². The molecular formula is C15H22Cl2N2O2. The molecule has 0 aliphatic carbocycles. The zero-order valence-corrected chi connectivity index (χ0v) is 13.7. The smallest absolute Gasteiger partial charge is 0.260 e. The van der Waals surface area contributed by atoms with Crippen molar-refractivity contribution in [2.24, 2.45) is 11.7 Å². The lowest BCUT2D eigenvalue weighted by Gasteiger charge is -2.34. The van der Waals surface area contributed by atoms with E-state index in [1.54, 1.807) is 12.1 Å². The van der Waals surface area contributed by atoms with E-state index in [2.05, 4.69) is 0 Å². The van der Waals surface area contributed by atoms with Crippen LogP contribution in [0.2, 0.25) is 5.02 Å². The van der Waals surface area contributed by atoms with Crippen LogP contribution in [-0.4, -0.2) is 36.5 Å². The zero-order chi connectivity index (χ0) is 14.5. The van der Waals surface area contributed by atoms with Crippen LogP contribution in [0.1, 0.15) is 19.8 Å². The van der Waals surface area contributed by atoms with Gasteiger partial charge in [-0.05, 0) is 37.8 Å². The van der Waals surface area contributed by atoms with Gasteiger partial charge in [-0.1, -0.05) is 23.7 Å². The molecule has 1 saturated heterocycles. The second-order valence-electron chi connectivity index (χ2n) is 5.32. The number of hydrogen-bond acceptors (Lipinski definition) is 3. The van der Waals surface area contributed by atoms with Crippen LogP contribution in [-0.2, 0) is 4.79 Å². The van der Waals surface area contributed by atoms with Gasteiger partial charge < -0.3 is 15.4 Å². The third-order valence-electron chi connectivity index (χ3n) is 3.74. The maximum absolute atomic E-state index is 12.2. The highest BCUT2D eigenvalue weighted by molar-refractivity contribution is 6.32. The molecule has 1 amide bonds. The number of para-hydroxylation sites is 1. The van der Waals surface area contributed by atoms with Gasteiger partial charge >= 0.3 is 0 Å². The van der Waals surface area contributed by atoms with Crippen LogP contribution in [0.15, 0.2) is 24.3 Å². The molecule has 1 aliphatic heterocycles. The zero-order valence-electron chi connectivity index (χ0n) is 12.1. The van der Waals surface area contributed by atoms with Crippen LogP contribution >= 0.6 is 24.0 Å². The second kappa shape index (κ2) is 8.47. The largest absolute Gasteiger partial charge is 0.482 e. The van der Waals surface area contributed by atoms with Crippen LogP contribution in [0.4, 0.5) is 0 Å². The maximum Gasteiger partial charge on any atom is 0.260 e. The van der Waals surface area contributed by atoms with Crippen LogP contribution in [0.5, 0.6) is 5.75 Å². The maximum atomic E-state index is 12.2. The average molecular weight is 333 g/mol. The Morgan fingerprint density at radius 3 is 2.90 bits per heavy atom. The molecule has 4 nitrogen and oxygen atoms in total. The first-order valence-corrected chi connectivity index (χ1v) is 7.36. The minimum absolute atomic E-state index is 0. The van der Waals surface area contributed by atoms with Gasteiger partial charge in [0.25, 0.3) is 5.91 Å². The third-order valence-corrected chi connectivity index (χ3v) is 4.05. The number of halogens is 2. The number of hydrogen-bond donors (Lipinski definition) is 1. The van der Waals surface area contributed by atoms with E-state index in [4.69, 9.17) is 22.1 Å². The number of likely N-dealkylation sites (tertiary alicyclic amines) is 1. The molecule has 0 saturated carbocycles. The Balaban J connectivity index is 0.00000220. The van der Waals surface area contributed by atoms with E-state index in [-0.39, 0.29) is 31.0 Å². The van der Waals surface area contributed by atoms with Gasteiger partial charge in [-0.25, -0.2) is 0 Å². The highest BCUT2D eigenvalue weighted by Gasteiger charge is 2.25. The number of ether oxygens (including phenoxy) is 1. The van der Waals surface area contributed by atoms with Crippen molar-refractivity contribution in [2.75, 3.05) is 19.7 Å². The van der Waals surface area contributed by atoms with E-state index >= 15 is 0 Å². The van der Waals surface area contributed by atoms with Crippen molar-refractivity contribution in [1.82, 2.24) is 4.90 Å². The molecule has 21 heavy (non-hydrogen) atoms. The molecule has 118 valence electrons. The van der Waals surface area contributed by atoms with Crippen molar-refractivity contribution in [1.29, 1.82) is 0 Å². The molecule has 0 bridgehead atoms. The summed E-state index contributed by atoms with van der Waals surface area (Å²) in [7, 11) is 0. The van der Waals surface area contributed by atoms with E-state index in [1.165, 1.54) is 0 Å². The summed E-state index contributed by atoms with van der Waals surface area (Å²) in [4.78, 5) is 14.0. The van der Waals surface area contributed by atoms with E-state index in [0.717, 1.165) is 25.9 Å². The lowest BCUT2D eigenvalue weighted by molar-refractivity contribution is -0.135. The molecule has 0 aromatic heterocycles. The van der Waals surface area contributed by atoms with Gasteiger partial charge in [-0.2, -0.15) is 0 Å². The Morgan fingerprint density at radius 2 is 2.24 bits per heavy atom. The van der Waals surface area contributed by atoms with Crippen LogP contribution in [0.3, 0.4) is 0 Å².